The van der Waals surface area contributed by atoms with Crippen molar-refractivity contribution < 1.29 is 9.90 Å². The van der Waals surface area contributed by atoms with Gasteiger partial charge in [-0.05, 0) is 37.5 Å². The Morgan fingerprint density at radius 2 is 2.17 bits per heavy atom. The van der Waals surface area contributed by atoms with Crippen molar-refractivity contribution in [2.45, 2.75) is 45.7 Å². The molecule has 2 heterocycles. The Morgan fingerprint density at radius 3 is 3.00 bits per heavy atom. The highest BCUT2D eigenvalue weighted by molar-refractivity contribution is 5.92. The number of anilines is 1. The third kappa shape index (κ3) is 3.28. The van der Waals surface area contributed by atoms with Crippen molar-refractivity contribution in [2.24, 2.45) is 0 Å². The van der Waals surface area contributed by atoms with E-state index in [-0.39, 0.29) is 23.9 Å². The second kappa shape index (κ2) is 6.28. The molecule has 23 heavy (non-hydrogen) atoms. The first-order valence-electron chi connectivity index (χ1n) is 7.80. The van der Waals surface area contributed by atoms with Gasteiger partial charge in [-0.1, -0.05) is 12.5 Å². The summed E-state index contributed by atoms with van der Waals surface area (Å²) in [5.74, 6) is 0.358. The molecule has 3 rings (SSSR count). The molecule has 7 nitrogen and oxygen atoms in total. The zero-order valence-electron chi connectivity index (χ0n) is 13.1. The summed E-state index contributed by atoms with van der Waals surface area (Å²) in [6.07, 6.45) is 3.83. The van der Waals surface area contributed by atoms with Crippen LogP contribution >= 0.6 is 0 Å². The molecule has 0 aliphatic carbocycles. The number of amides is 1. The molecular weight excluding hydrogens is 296 g/mol. The molecule has 7 heteroatoms. The van der Waals surface area contributed by atoms with Crippen LogP contribution in [0.25, 0.3) is 0 Å². The van der Waals surface area contributed by atoms with Gasteiger partial charge in [0.2, 0.25) is 5.91 Å². The van der Waals surface area contributed by atoms with Crippen LogP contribution in [0.2, 0.25) is 0 Å². The van der Waals surface area contributed by atoms with Crippen molar-refractivity contribution >= 4 is 11.6 Å². The molecule has 0 spiro atoms. The Kier molecular flexibility index (Phi) is 4.18. The first-order chi connectivity index (χ1) is 11.0. The molecule has 122 valence electrons. The molecule has 0 saturated carbocycles. The highest BCUT2D eigenvalue weighted by atomic mass is 16.3. The van der Waals surface area contributed by atoms with Crippen LogP contribution in [-0.2, 0) is 24.3 Å². The molecule has 2 N–H and O–H groups in total. The summed E-state index contributed by atoms with van der Waals surface area (Å²) in [5, 5.41) is 16.7. The maximum Gasteiger partial charge on any atom is 0.346 e. The summed E-state index contributed by atoms with van der Waals surface area (Å²) < 4.78 is 2.85. The van der Waals surface area contributed by atoms with Gasteiger partial charge in [0.05, 0.1) is 5.69 Å². The van der Waals surface area contributed by atoms with Gasteiger partial charge in [-0.2, -0.15) is 5.10 Å². The number of carbonyl (C=O) groups excluding carboxylic acids is 1. The maximum absolute atomic E-state index is 12.3. The lowest BCUT2D eigenvalue weighted by molar-refractivity contribution is -0.117. The fourth-order valence-electron chi connectivity index (χ4n) is 2.80. The van der Waals surface area contributed by atoms with E-state index in [1.54, 1.807) is 16.7 Å². The predicted octanol–water partition coefficient (Wildman–Crippen LogP) is 1.42. The second-order valence-electron chi connectivity index (χ2n) is 5.89. The van der Waals surface area contributed by atoms with Crippen molar-refractivity contribution in [3.63, 3.8) is 0 Å². The Bertz CT molecular complexity index is 791. The number of aryl methyl sites for hydroxylation is 2. The summed E-state index contributed by atoms with van der Waals surface area (Å²) in [6.45, 7) is 2.37. The zero-order chi connectivity index (χ0) is 16.4. The first kappa shape index (κ1) is 15.3. The molecule has 1 aromatic heterocycles. The standard InChI is InChI=1S/C16H20N4O3/c1-11-6-7-13(21)12(9-11)17-15(22)10-20-16(23)19-8-4-2-3-5-14(19)18-20/h6-7,9,21H,2-5,8,10H2,1H3,(H,17,22). The quantitative estimate of drug-likeness (QED) is 0.838. The van der Waals surface area contributed by atoms with Crippen LogP contribution in [0.4, 0.5) is 5.69 Å². The zero-order valence-corrected chi connectivity index (χ0v) is 13.1. The van der Waals surface area contributed by atoms with E-state index in [0.717, 1.165) is 37.1 Å². The molecule has 0 radical (unpaired) electrons. The largest absolute Gasteiger partial charge is 0.506 e. The van der Waals surface area contributed by atoms with E-state index >= 15 is 0 Å². The van der Waals surface area contributed by atoms with Gasteiger partial charge in [0, 0.05) is 13.0 Å². The number of nitrogens with zero attached hydrogens (tertiary/aromatic N) is 3. The molecule has 1 amide bonds. The Labute approximate surface area is 133 Å². The van der Waals surface area contributed by atoms with Crippen LogP contribution in [0.1, 0.15) is 30.7 Å². The van der Waals surface area contributed by atoms with Crippen LogP contribution in [0.15, 0.2) is 23.0 Å². The van der Waals surface area contributed by atoms with Crippen molar-refractivity contribution in [3.05, 3.63) is 40.1 Å². The number of carbonyl (C=O) groups is 1. The lowest BCUT2D eigenvalue weighted by Crippen LogP contribution is -2.30. The fraction of sp³-hybridized carbons (Fsp3) is 0.438. The number of benzene rings is 1. The normalized spacial score (nSPS) is 14.1. The second-order valence-corrected chi connectivity index (χ2v) is 5.89. The highest BCUT2D eigenvalue weighted by Crippen LogP contribution is 2.23. The topological polar surface area (TPSA) is 89.2 Å². The SMILES string of the molecule is Cc1ccc(O)c(NC(=O)Cn2nc3n(c2=O)CCCCC3)c1. The number of hydrogen-bond donors (Lipinski definition) is 2. The van der Waals surface area contributed by atoms with Gasteiger partial charge in [0.25, 0.3) is 0 Å². The number of nitrogens with one attached hydrogen (secondary N) is 1. The van der Waals surface area contributed by atoms with Gasteiger partial charge in [-0.3, -0.25) is 9.36 Å². The fourth-order valence-corrected chi connectivity index (χ4v) is 2.80. The summed E-state index contributed by atoms with van der Waals surface area (Å²) in [5.41, 5.74) is 1.01. The molecule has 1 aromatic carbocycles. The monoisotopic (exact) mass is 316 g/mol. The Morgan fingerprint density at radius 1 is 1.35 bits per heavy atom. The number of phenols is 1. The first-order valence-corrected chi connectivity index (χ1v) is 7.80. The van der Waals surface area contributed by atoms with E-state index in [1.807, 2.05) is 6.92 Å². The van der Waals surface area contributed by atoms with E-state index in [1.165, 1.54) is 10.7 Å². The van der Waals surface area contributed by atoms with Crippen LogP contribution in [-0.4, -0.2) is 25.4 Å². The summed E-state index contributed by atoms with van der Waals surface area (Å²) in [7, 11) is 0. The van der Waals surface area contributed by atoms with E-state index in [4.69, 9.17) is 0 Å². The van der Waals surface area contributed by atoms with Gasteiger partial charge < -0.3 is 10.4 Å². The molecule has 1 aliphatic rings. The van der Waals surface area contributed by atoms with Crippen LogP contribution in [0.5, 0.6) is 5.75 Å². The average molecular weight is 316 g/mol. The van der Waals surface area contributed by atoms with Crippen LogP contribution in [0.3, 0.4) is 0 Å². The van der Waals surface area contributed by atoms with Crippen molar-refractivity contribution in [2.75, 3.05) is 5.32 Å². The molecule has 2 aromatic rings. The average Bonchev–Trinajstić information content (AvgIpc) is 2.68. The summed E-state index contributed by atoms with van der Waals surface area (Å²) in [6, 6.07) is 4.95. The minimum Gasteiger partial charge on any atom is -0.506 e. The van der Waals surface area contributed by atoms with Gasteiger partial charge in [-0.15, -0.1) is 0 Å². The lowest BCUT2D eigenvalue weighted by Gasteiger charge is -2.08. The van der Waals surface area contributed by atoms with E-state index in [0.29, 0.717) is 12.2 Å². The summed E-state index contributed by atoms with van der Waals surface area (Å²) in [4.78, 5) is 24.5. The smallest absolute Gasteiger partial charge is 0.346 e. The van der Waals surface area contributed by atoms with Crippen molar-refractivity contribution in [3.8, 4) is 5.75 Å². The molecule has 0 saturated heterocycles. The third-order valence-corrected chi connectivity index (χ3v) is 4.00. The van der Waals surface area contributed by atoms with Crippen molar-refractivity contribution in [1.82, 2.24) is 14.3 Å². The third-order valence-electron chi connectivity index (χ3n) is 4.00. The van der Waals surface area contributed by atoms with E-state index in [9.17, 15) is 14.7 Å². The molecular formula is C16H20N4O3. The molecule has 0 atom stereocenters. The number of fused-ring (bicyclic) bond motifs is 1. The van der Waals surface area contributed by atoms with Crippen molar-refractivity contribution in [1.29, 1.82) is 0 Å². The number of aromatic nitrogens is 3. The number of aromatic hydroxyl groups is 1. The van der Waals surface area contributed by atoms with E-state index < -0.39 is 0 Å². The molecule has 0 fully saturated rings. The molecule has 0 bridgehead atoms. The van der Waals surface area contributed by atoms with E-state index in [2.05, 4.69) is 10.4 Å². The van der Waals surface area contributed by atoms with Gasteiger partial charge in [-0.25, -0.2) is 9.48 Å². The minimum absolute atomic E-state index is 0.00285. The Balaban J connectivity index is 1.76. The number of phenolic OH excluding ortho intramolecular Hbond substituents is 1. The Hall–Kier alpha value is -2.57. The number of rotatable bonds is 3. The minimum atomic E-state index is -0.388. The number of hydrogen-bond acceptors (Lipinski definition) is 4. The summed E-state index contributed by atoms with van der Waals surface area (Å²) >= 11 is 0. The lowest BCUT2D eigenvalue weighted by atomic mass is 10.2. The van der Waals surface area contributed by atoms with Gasteiger partial charge in [0.1, 0.15) is 18.1 Å². The molecule has 0 unspecified atom stereocenters. The van der Waals surface area contributed by atoms with Crippen LogP contribution in [0, 0.1) is 6.92 Å². The highest BCUT2D eigenvalue weighted by Gasteiger charge is 2.17. The van der Waals surface area contributed by atoms with Gasteiger partial charge in [0.15, 0.2) is 0 Å². The van der Waals surface area contributed by atoms with Gasteiger partial charge >= 0.3 is 5.69 Å². The molecule has 1 aliphatic heterocycles. The predicted molar refractivity (Wildman–Crippen MR) is 85.5 cm³/mol. The maximum atomic E-state index is 12.3. The van der Waals surface area contributed by atoms with Crippen LogP contribution < -0.4 is 11.0 Å².